The average Bonchev–Trinajstić information content (AvgIpc) is 2.47. The zero-order chi connectivity index (χ0) is 15.2. The van der Waals surface area contributed by atoms with Crippen LogP contribution in [0.3, 0.4) is 0 Å². The molecule has 2 aromatic carbocycles. The summed E-state index contributed by atoms with van der Waals surface area (Å²) >= 11 is 0. The largest absolute Gasteiger partial charge is 0.360 e. The number of hydrogen-bond donors (Lipinski definition) is 1. The molecule has 0 aliphatic heterocycles. The van der Waals surface area contributed by atoms with E-state index in [1.165, 1.54) is 6.07 Å². The van der Waals surface area contributed by atoms with Crippen LogP contribution in [0.5, 0.6) is 0 Å². The maximum Gasteiger partial charge on any atom is 0.327 e. The Morgan fingerprint density at radius 3 is 2.48 bits per heavy atom. The summed E-state index contributed by atoms with van der Waals surface area (Å²) in [5.41, 5.74) is 6.29. The van der Waals surface area contributed by atoms with Crippen molar-refractivity contribution in [2.24, 2.45) is 5.73 Å². The molecule has 0 aromatic heterocycles. The lowest BCUT2D eigenvalue weighted by Crippen LogP contribution is -2.29. The van der Waals surface area contributed by atoms with Crippen molar-refractivity contribution in [2.75, 3.05) is 18.0 Å². The zero-order valence-electron chi connectivity index (χ0n) is 11.4. The van der Waals surface area contributed by atoms with E-state index in [-0.39, 0.29) is 5.69 Å². The molecule has 21 heavy (non-hydrogen) atoms. The smallest absolute Gasteiger partial charge is 0.327 e. The van der Waals surface area contributed by atoms with Crippen LogP contribution in [0.1, 0.15) is 5.56 Å². The molecule has 0 unspecified atom stereocenters. The Balaban J connectivity index is 2.39. The summed E-state index contributed by atoms with van der Waals surface area (Å²) in [6.45, 7) is 1.15. The van der Waals surface area contributed by atoms with Gasteiger partial charge in [-0.1, -0.05) is 36.4 Å². The van der Waals surface area contributed by atoms with Crippen molar-refractivity contribution in [1.29, 1.82) is 0 Å². The van der Waals surface area contributed by atoms with E-state index in [1.54, 1.807) is 11.0 Å². The summed E-state index contributed by atoms with van der Waals surface area (Å²) in [6, 6.07) is 13.6. The van der Waals surface area contributed by atoms with Crippen molar-refractivity contribution in [2.45, 2.75) is 6.54 Å². The first kappa shape index (κ1) is 14.9. The van der Waals surface area contributed by atoms with Crippen LogP contribution in [0.4, 0.5) is 15.8 Å². The van der Waals surface area contributed by atoms with E-state index < -0.39 is 16.4 Å². The van der Waals surface area contributed by atoms with E-state index in [9.17, 15) is 14.5 Å². The van der Waals surface area contributed by atoms with Crippen LogP contribution < -0.4 is 10.6 Å². The Labute approximate surface area is 122 Å². The second-order valence-electron chi connectivity index (χ2n) is 4.56. The molecule has 0 heterocycles. The lowest BCUT2D eigenvalue weighted by molar-refractivity contribution is -0.386. The monoisotopic (exact) mass is 289 g/mol. The quantitative estimate of drug-likeness (QED) is 0.655. The molecule has 2 aromatic rings. The number of nitro groups is 1. The molecule has 0 radical (unpaired) electrons. The van der Waals surface area contributed by atoms with E-state index >= 15 is 0 Å². The van der Waals surface area contributed by atoms with Gasteiger partial charge in [0.15, 0.2) is 0 Å². The summed E-state index contributed by atoms with van der Waals surface area (Å²) in [5.74, 6) is -0.840. The summed E-state index contributed by atoms with van der Waals surface area (Å²) in [5, 5.41) is 11.1. The molecule has 5 nitrogen and oxygen atoms in total. The highest BCUT2D eigenvalue weighted by atomic mass is 19.1. The fourth-order valence-electron chi connectivity index (χ4n) is 2.18. The molecule has 0 aliphatic rings. The molecule has 2 rings (SSSR count). The van der Waals surface area contributed by atoms with E-state index in [2.05, 4.69) is 0 Å². The topological polar surface area (TPSA) is 72.4 Å². The van der Waals surface area contributed by atoms with Crippen LogP contribution in [0, 0.1) is 15.9 Å². The second-order valence-corrected chi connectivity index (χ2v) is 4.56. The van der Waals surface area contributed by atoms with Gasteiger partial charge in [0.25, 0.3) is 0 Å². The minimum Gasteiger partial charge on any atom is -0.360 e. The van der Waals surface area contributed by atoms with Gasteiger partial charge in [-0.05, 0) is 17.7 Å². The van der Waals surface area contributed by atoms with Crippen LogP contribution >= 0.6 is 0 Å². The number of nitro benzene ring substituents is 1. The van der Waals surface area contributed by atoms with Crippen molar-refractivity contribution >= 4 is 11.4 Å². The summed E-state index contributed by atoms with van der Waals surface area (Å²) in [7, 11) is 0. The molecule has 0 amide bonds. The van der Waals surface area contributed by atoms with Crippen molar-refractivity contribution in [3.63, 3.8) is 0 Å². The normalized spacial score (nSPS) is 10.4. The Morgan fingerprint density at radius 2 is 1.86 bits per heavy atom. The molecule has 0 atom stereocenters. The third kappa shape index (κ3) is 3.55. The molecule has 0 saturated carbocycles. The lowest BCUT2D eigenvalue weighted by atomic mass is 10.1. The van der Waals surface area contributed by atoms with Gasteiger partial charge in [0.1, 0.15) is 5.69 Å². The number of para-hydroxylation sites is 1. The van der Waals surface area contributed by atoms with Crippen LogP contribution in [0.2, 0.25) is 0 Å². The number of anilines is 1. The highest BCUT2D eigenvalue weighted by Crippen LogP contribution is 2.31. The van der Waals surface area contributed by atoms with E-state index in [1.807, 2.05) is 30.3 Å². The fraction of sp³-hybridized carbons (Fsp3) is 0.200. The maximum atomic E-state index is 13.7. The summed E-state index contributed by atoms with van der Waals surface area (Å²) < 4.78 is 13.7. The molecule has 0 bridgehead atoms. The van der Waals surface area contributed by atoms with Gasteiger partial charge in [-0.25, -0.2) is 0 Å². The number of benzene rings is 2. The zero-order valence-corrected chi connectivity index (χ0v) is 11.4. The van der Waals surface area contributed by atoms with Gasteiger partial charge in [0.2, 0.25) is 5.82 Å². The van der Waals surface area contributed by atoms with Crippen LogP contribution in [0.25, 0.3) is 0 Å². The minimum atomic E-state index is -0.840. The van der Waals surface area contributed by atoms with Crippen LogP contribution in [-0.2, 0) is 6.54 Å². The predicted octanol–water partition coefficient (Wildman–Crippen LogP) is 2.70. The van der Waals surface area contributed by atoms with E-state index in [0.717, 1.165) is 11.6 Å². The van der Waals surface area contributed by atoms with Gasteiger partial charge < -0.3 is 10.6 Å². The molecule has 0 spiro atoms. The van der Waals surface area contributed by atoms with Crippen LogP contribution in [0.15, 0.2) is 48.5 Å². The van der Waals surface area contributed by atoms with Gasteiger partial charge in [0, 0.05) is 19.6 Å². The number of nitrogens with two attached hydrogens (primary N) is 1. The lowest BCUT2D eigenvalue weighted by Gasteiger charge is -2.24. The third-order valence-corrected chi connectivity index (χ3v) is 3.10. The number of hydrogen-bond acceptors (Lipinski definition) is 4. The maximum absolute atomic E-state index is 13.7. The Morgan fingerprint density at radius 1 is 1.14 bits per heavy atom. The molecular formula is C15H16FN3O2. The average molecular weight is 289 g/mol. The first-order chi connectivity index (χ1) is 10.1. The van der Waals surface area contributed by atoms with Crippen molar-refractivity contribution in [3.05, 3.63) is 70.0 Å². The van der Waals surface area contributed by atoms with E-state index in [0.29, 0.717) is 19.6 Å². The fourth-order valence-corrected chi connectivity index (χ4v) is 2.18. The first-order valence-corrected chi connectivity index (χ1v) is 6.55. The van der Waals surface area contributed by atoms with Gasteiger partial charge >= 0.3 is 5.69 Å². The standard InChI is InChI=1S/C15H16FN3O2/c16-13-7-4-8-14(15(13)19(20)21)18(10-9-17)11-12-5-2-1-3-6-12/h1-8H,9-11,17H2. The Hall–Kier alpha value is -2.47. The molecule has 110 valence electrons. The Kier molecular flexibility index (Phi) is 4.84. The van der Waals surface area contributed by atoms with Gasteiger partial charge in [-0.3, -0.25) is 10.1 Å². The highest BCUT2D eigenvalue weighted by molar-refractivity contribution is 5.64. The second kappa shape index (κ2) is 6.81. The van der Waals surface area contributed by atoms with Gasteiger partial charge in [-0.15, -0.1) is 0 Å². The SMILES string of the molecule is NCCN(Cc1ccccc1)c1cccc(F)c1[N+](=O)[O-]. The highest BCUT2D eigenvalue weighted by Gasteiger charge is 2.23. The number of nitrogens with zero attached hydrogens (tertiary/aromatic N) is 2. The Bertz CT molecular complexity index is 620. The van der Waals surface area contributed by atoms with Crippen molar-refractivity contribution in [3.8, 4) is 0 Å². The number of rotatable bonds is 6. The van der Waals surface area contributed by atoms with E-state index in [4.69, 9.17) is 5.73 Å². The molecule has 0 saturated heterocycles. The summed E-state index contributed by atoms with van der Waals surface area (Å²) in [6.07, 6.45) is 0. The molecule has 0 fully saturated rings. The molecule has 2 N–H and O–H groups in total. The first-order valence-electron chi connectivity index (χ1n) is 6.55. The van der Waals surface area contributed by atoms with Gasteiger partial charge in [0.05, 0.1) is 4.92 Å². The van der Waals surface area contributed by atoms with Gasteiger partial charge in [-0.2, -0.15) is 4.39 Å². The number of halogens is 1. The minimum absolute atomic E-state index is 0.245. The molecule has 0 aliphatic carbocycles. The van der Waals surface area contributed by atoms with Crippen molar-refractivity contribution in [1.82, 2.24) is 0 Å². The van der Waals surface area contributed by atoms with Crippen LogP contribution in [-0.4, -0.2) is 18.0 Å². The van der Waals surface area contributed by atoms with Crippen molar-refractivity contribution < 1.29 is 9.31 Å². The molecular weight excluding hydrogens is 273 g/mol. The predicted molar refractivity (Wildman–Crippen MR) is 79.6 cm³/mol. The summed E-state index contributed by atoms with van der Waals surface area (Å²) in [4.78, 5) is 12.1. The third-order valence-electron chi connectivity index (χ3n) is 3.10. The molecule has 6 heteroatoms.